The summed E-state index contributed by atoms with van der Waals surface area (Å²) < 4.78 is 0. The van der Waals surface area contributed by atoms with E-state index in [9.17, 15) is 0 Å². The Bertz CT molecular complexity index is 217. The molecule has 0 bridgehead atoms. The molecule has 0 aromatic rings. The van der Waals surface area contributed by atoms with Gasteiger partial charge in [-0.05, 0) is 18.3 Å². The summed E-state index contributed by atoms with van der Waals surface area (Å²) in [5.41, 5.74) is 0.544. The Morgan fingerprint density at radius 2 is 1.40 bits per heavy atom. The van der Waals surface area contributed by atoms with E-state index < -0.39 is 0 Å². The Balaban J connectivity index is 2.80. The van der Waals surface area contributed by atoms with Gasteiger partial charge < -0.3 is 0 Å². The van der Waals surface area contributed by atoms with Crippen LogP contribution < -0.4 is 0 Å². The van der Waals surface area contributed by atoms with Crippen molar-refractivity contribution in [1.82, 2.24) is 0 Å². The van der Waals surface area contributed by atoms with Gasteiger partial charge in [-0.1, -0.05) is 71.4 Å². The molecule has 1 atom stereocenters. The average Bonchev–Trinajstić information content (AvgIpc) is 2.11. The van der Waals surface area contributed by atoms with Crippen LogP contribution in [0.1, 0.15) is 73.6 Å². The maximum atomic E-state index is 2.63. The summed E-state index contributed by atoms with van der Waals surface area (Å²) in [7, 11) is 2.63. The second-order valence-corrected chi connectivity index (χ2v) is 7.30. The van der Waals surface area contributed by atoms with Crippen molar-refractivity contribution < 1.29 is 0 Å². The van der Waals surface area contributed by atoms with Gasteiger partial charge in [-0.3, -0.25) is 0 Å². The van der Waals surface area contributed by atoms with Crippen LogP contribution in [-0.2, 0) is 0 Å². The number of hydrogen-bond acceptors (Lipinski definition) is 0. The van der Waals surface area contributed by atoms with Gasteiger partial charge in [0.15, 0.2) is 0 Å². The SMILES string of the molecule is CCC1(C)[B]C(C)(C)CCC(C)(C)CC1. The standard InChI is InChI=1S/C14H28B/c1-7-14(6)11-9-12(2,3)8-10-13(4,5)15-14/h7-11H2,1-6H3. The molecule has 1 aliphatic heterocycles. The molecule has 0 spiro atoms. The summed E-state index contributed by atoms with van der Waals surface area (Å²) in [4.78, 5) is 0. The van der Waals surface area contributed by atoms with Crippen molar-refractivity contribution in [3.05, 3.63) is 0 Å². The van der Waals surface area contributed by atoms with Crippen LogP contribution in [0.5, 0.6) is 0 Å². The first-order chi connectivity index (χ1) is 6.68. The highest BCUT2D eigenvalue weighted by Gasteiger charge is 2.37. The van der Waals surface area contributed by atoms with E-state index in [-0.39, 0.29) is 0 Å². The zero-order valence-corrected chi connectivity index (χ0v) is 11.6. The van der Waals surface area contributed by atoms with Crippen molar-refractivity contribution >= 4 is 7.28 Å². The third kappa shape index (κ3) is 3.85. The Morgan fingerprint density at radius 1 is 0.867 bits per heavy atom. The molecule has 1 rings (SSSR count). The highest BCUT2D eigenvalue weighted by Crippen LogP contribution is 2.50. The van der Waals surface area contributed by atoms with Crippen LogP contribution in [0.15, 0.2) is 0 Å². The van der Waals surface area contributed by atoms with E-state index in [4.69, 9.17) is 0 Å². The van der Waals surface area contributed by atoms with Crippen molar-refractivity contribution in [2.24, 2.45) is 5.41 Å². The molecule has 1 radical (unpaired) electrons. The minimum atomic E-state index is 0.419. The molecule has 0 aromatic heterocycles. The topological polar surface area (TPSA) is 0 Å². The van der Waals surface area contributed by atoms with E-state index in [1.165, 1.54) is 32.1 Å². The Labute approximate surface area is 97.5 Å². The molecule has 0 amide bonds. The maximum Gasteiger partial charge on any atom is 0.125 e. The molecule has 15 heavy (non-hydrogen) atoms. The van der Waals surface area contributed by atoms with Crippen LogP contribution in [-0.4, -0.2) is 7.28 Å². The van der Waals surface area contributed by atoms with Gasteiger partial charge in [0, 0.05) is 0 Å². The molecular weight excluding hydrogens is 179 g/mol. The van der Waals surface area contributed by atoms with Crippen molar-refractivity contribution in [2.45, 2.75) is 84.3 Å². The average molecular weight is 207 g/mol. The molecule has 0 aliphatic carbocycles. The van der Waals surface area contributed by atoms with Gasteiger partial charge >= 0.3 is 0 Å². The first-order valence-electron chi connectivity index (χ1n) is 6.55. The summed E-state index contributed by atoms with van der Waals surface area (Å²) in [6.07, 6.45) is 6.74. The van der Waals surface area contributed by atoms with Gasteiger partial charge in [0.1, 0.15) is 7.28 Å². The van der Waals surface area contributed by atoms with Crippen molar-refractivity contribution in [2.75, 3.05) is 0 Å². The molecule has 0 aromatic carbocycles. The fraction of sp³-hybridized carbons (Fsp3) is 1.00. The van der Waals surface area contributed by atoms with Crippen molar-refractivity contribution in [3.8, 4) is 0 Å². The fourth-order valence-corrected chi connectivity index (χ4v) is 2.78. The Kier molecular flexibility index (Phi) is 3.63. The van der Waals surface area contributed by atoms with Gasteiger partial charge in [-0.2, -0.15) is 0 Å². The Hall–Kier alpha value is 0.0649. The van der Waals surface area contributed by atoms with Gasteiger partial charge in [0.2, 0.25) is 0 Å². The number of rotatable bonds is 1. The quantitative estimate of drug-likeness (QED) is 0.526. The van der Waals surface area contributed by atoms with Gasteiger partial charge in [-0.25, -0.2) is 0 Å². The van der Waals surface area contributed by atoms with Crippen LogP contribution >= 0.6 is 0 Å². The minimum absolute atomic E-state index is 0.419. The molecule has 0 N–H and O–H groups in total. The summed E-state index contributed by atoms with van der Waals surface area (Å²) in [5.74, 6) is 0. The highest BCUT2D eigenvalue weighted by molar-refractivity contribution is 6.43. The largest absolute Gasteiger partial charge is 0.125 e. The van der Waals surface area contributed by atoms with Gasteiger partial charge in [-0.15, -0.1) is 0 Å². The van der Waals surface area contributed by atoms with Crippen LogP contribution in [0.3, 0.4) is 0 Å². The lowest BCUT2D eigenvalue weighted by molar-refractivity contribution is 0.246. The molecule has 0 nitrogen and oxygen atoms in total. The van der Waals surface area contributed by atoms with Crippen LogP contribution in [0, 0.1) is 5.41 Å². The van der Waals surface area contributed by atoms with Crippen LogP contribution in [0.4, 0.5) is 0 Å². The first kappa shape index (κ1) is 13.1. The van der Waals surface area contributed by atoms with Crippen LogP contribution in [0.25, 0.3) is 0 Å². The normalized spacial score (nSPS) is 35.1. The van der Waals surface area contributed by atoms with Gasteiger partial charge in [0.25, 0.3) is 0 Å². The lowest BCUT2D eigenvalue weighted by atomic mass is 9.36. The summed E-state index contributed by atoms with van der Waals surface area (Å²) >= 11 is 0. The third-order valence-electron chi connectivity index (χ3n) is 4.37. The smallest absolute Gasteiger partial charge is 0.0671 e. The lowest BCUT2D eigenvalue weighted by Crippen LogP contribution is -2.31. The molecule has 1 aliphatic rings. The minimum Gasteiger partial charge on any atom is -0.0671 e. The first-order valence-corrected chi connectivity index (χ1v) is 6.55. The zero-order chi connectivity index (χ0) is 11.7. The fourth-order valence-electron chi connectivity index (χ4n) is 2.78. The van der Waals surface area contributed by atoms with E-state index in [1.54, 1.807) is 0 Å². The Morgan fingerprint density at radius 3 is 1.93 bits per heavy atom. The molecule has 1 saturated heterocycles. The molecular formula is C14H28B. The van der Waals surface area contributed by atoms with E-state index >= 15 is 0 Å². The summed E-state index contributed by atoms with van der Waals surface area (Å²) in [5, 5.41) is 0.879. The molecule has 1 fully saturated rings. The zero-order valence-electron chi connectivity index (χ0n) is 11.6. The molecule has 0 saturated carbocycles. The molecule has 87 valence electrons. The third-order valence-corrected chi connectivity index (χ3v) is 4.37. The maximum absolute atomic E-state index is 2.63. The second kappa shape index (κ2) is 4.15. The van der Waals surface area contributed by atoms with Crippen molar-refractivity contribution in [3.63, 3.8) is 0 Å². The number of hydrogen-bond donors (Lipinski definition) is 0. The summed E-state index contributed by atoms with van der Waals surface area (Å²) in [6.45, 7) is 14.5. The van der Waals surface area contributed by atoms with E-state index in [1.807, 2.05) is 0 Å². The van der Waals surface area contributed by atoms with E-state index in [0.717, 1.165) is 0 Å². The van der Waals surface area contributed by atoms with Crippen LogP contribution in [0.2, 0.25) is 10.6 Å². The van der Waals surface area contributed by atoms with Crippen molar-refractivity contribution in [1.29, 1.82) is 0 Å². The molecule has 1 heteroatoms. The lowest BCUT2D eigenvalue weighted by Gasteiger charge is -2.43. The highest BCUT2D eigenvalue weighted by atomic mass is 14.3. The predicted molar refractivity (Wildman–Crippen MR) is 70.7 cm³/mol. The second-order valence-electron chi connectivity index (χ2n) is 7.30. The monoisotopic (exact) mass is 207 g/mol. The molecule has 1 unspecified atom stereocenters. The summed E-state index contributed by atoms with van der Waals surface area (Å²) in [6, 6.07) is 0. The predicted octanol–water partition coefficient (Wildman–Crippen LogP) is 5.08. The molecule has 1 heterocycles. The van der Waals surface area contributed by atoms with Gasteiger partial charge in [0.05, 0.1) is 0 Å². The van der Waals surface area contributed by atoms with E-state index in [0.29, 0.717) is 16.0 Å². The van der Waals surface area contributed by atoms with E-state index in [2.05, 4.69) is 48.8 Å².